The lowest BCUT2D eigenvalue weighted by atomic mass is 9.65. The van der Waals surface area contributed by atoms with E-state index in [2.05, 4.69) is 81.7 Å². The number of hydrogen-bond donors (Lipinski definition) is 0. The van der Waals surface area contributed by atoms with Crippen molar-refractivity contribution in [1.29, 1.82) is 0 Å². The van der Waals surface area contributed by atoms with Crippen LogP contribution in [0.1, 0.15) is 53.2 Å². The number of nitrogens with zero attached hydrogens (tertiary/aromatic N) is 1. The van der Waals surface area contributed by atoms with Gasteiger partial charge in [-0.25, -0.2) is 0 Å². The maximum absolute atomic E-state index is 4.94. The molecule has 2 aromatic rings. The summed E-state index contributed by atoms with van der Waals surface area (Å²) in [6.07, 6.45) is 0. The van der Waals surface area contributed by atoms with Gasteiger partial charge >= 0.3 is 0 Å². The van der Waals surface area contributed by atoms with E-state index in [0.717, 1.165) is 9.99 Å². The van der Waals surface area contributed by atoms with Crippen molar-refractivity contribution < 1.29 is 0 Å². The monoisotopic (exact) mass is 333 g/mol. The highest BCUT2D eigenvalue weighted by molar-refractivity contribution is 9.10. The van der Waals surface area contributed by atoms with Crippen LogP contribution in [0.2, 0.25) is 0 Å². The Morgan fingerprint density at radius 1 is 0.900 bits per heavy atom. The molecule has 0 radical (unpaired) electrons. The molecule has 0 N–H and O–H groups in total. The van der Waals surface area contributed by atoms with E-state index >= 15 is 0 Å². The van der Waals surface area contributed by atoms with E-state index in [1.165, 1.54) is 11.1 Å². The molecule has 1 nitrogen and oxygen atoms in total. The van der Waals surface area contributed by atoms with Crippen LogP contribution >= 0.6 is 15.9 Å². The zero-order valence-corrected chi connectivity index (χ0v) is 14.9. The Labute approximate surface area is 130 Å². The number of halogens is 1. The number of benzene rings is 1. The standard InChI is InChI=1S/C18H24BrN/c1-17(2,3)16(18(4,5)6)15-11-10-12-13(19)8-7-9-14(12)20-15/h7-11,16H,1-6H3. The van der Waals surface area contributed by atoms with Gasteiger partial charge in [0, 0.05) is 21.5 Å². The van der Waals surface area contributed by atoms with Gasteiger partial charge in [0.15, 0.2) is 0 Å². The van der Waals surface area contributed by atoms with Gasteiger partial charge in [0.05, 0.1) is 5.52 Å². The second-order valence-corrected chi connectivity index (χ2v) is 8.56. The zero-order valence-electron chi connectivity index (χ0n) is 13.3. The molecule has 0 bridgehead atoms. The van der Waals surface area contributed by atoms with Crippen molar-refractivity contribution in [2.45, 2.75) is 47.5 Å². The molecule has 108 valence electrons. The molecule has 0 atom stereocenters. The second kappa shape index (κ2) is 5.14. The number of fused-ring (bicyclic) bond motifs is 1. The van der Waals surface area contributed by atoms with Gasteiger partial charge < -0.3 is 0 Å². The molecule has 2 rings (SSSR count). The predicted molar refractivity (Wildman–Crippen MR) is 91.1 cm³/mol. The molecule has 0 amide bonds. The minimum Gasteiger partial charge on any atom is -0.252 e. The maximum Gasteiger partial charge on any atom is 0.0716 e. The van der Waals surface area contributed by atoms with E-state index in [4.69, 9.17) is 4.98 Å². The molecule has 1 heterocycles. The van der Waals surface area contributed by atoms with Crippen molar-refractivity contribution >= 4 is 26.8 Å². The van der Waals surface area contributed by atoms with Crippen LogP contribution in [0.3, 0.4) is 0 Å². The lowest BCUT2D eigenvalue weighted by Crippen LogP contribution is -2.31. The molecule has 0 aliphatic heterocycles. The van der Waals surface area contributed by atoms with Crippen LogP contribution in [-0.2, 0) is 0 Å². The SMILES string of the molecule is CC(C)(C)C(c1ccc2c(Br)cccc2n1)C(C)(C)C. The average Bonchev–Trinajstić information content (AvgIpc) is 2.25. The first-order valence-electron chi connectivity index (χ1n) is 7.16. The summed E-state index contributed by atoms with van der Waals surface area (Å²) in [6.45, 7) is 13.8. The van der Waals surface area contributed by atoms with Crippen LogP contribution in [0, 0.1) is 10.8 Å². The average molecular weight is 334 g/mol. The van der Waals surface area contributed by atoms with Crippen molar-refractivity contribution in [2.24, 2.45) is 10.8 Å². The summed E-state index contributed by atoms with van der Waals surface area (Å²) in [7, 11) is 0. The third-order valence-corrected chi connectivity index (χ3v) is 4.42. The Kier molecular flexibility index (Phi) is 3.98. The summed E-state index contributed by atoms with van der Waals surface area (Å²) < 4.78 is 1.11. The zero-order chi connectivity index (χ0) is 15.1. The molecule has 1 aromatic carbocycles. The topological polar surface area (TPSA) is 12.9 Å². The van der Waals surface area contributed by atoms with Gasteiger partial charge in [-0.15, -0.1) is 0 Å². The first kappa shape index (κ1) is 15.5. The van der Waals surface area contributed by atoms with Crippen LogP contribution in [0.5, 0.6) is 0 Å². The normalized spacial score (nSPS) is 13.2. The van der Waals surface area contributed by atoms with Crippen molar-refractivity contribution in [2.75, 3.05) is 0 Å². The van der Waals surface area contributed by atoms with Gasteiger partial charge in [0.25, 0.3) is 0 Å². The highest BCUT2D eigenvalue weighted by Crippen LogP contribution is 2.46. The first-order chi connectivity index (χ1) is 9.10. The minimum absolute atomic E-state index is 0.185. The van der Waals surface area contributed by atoms with E-state index in [0.29, 0.717) is 5.92 Å². The van der Waals surface area contributed by atoms with Crippen LogP contribution in [0.4, 0.5) is 0 Å². The van der Waals surface area contributed by atoms with Crippen molar-refractivity contribution in [1.82, 2.24) is 4.98 Å². The lowest BCUT2D eigenvalue weighted by Gasteiger charge is -2.40. The largest absolute Gasteiger partial charge is 0.252 e. The summed E-state index contributed by atoms with van der Waals surface area (Å²) in [5.41, 5.74) is 2.63. The molecule has 0 fully saturated rings. The fraction of sp³-hybridized carbons (Fsp3) is 0.500. The molecular weight excluding hydrogens is 310 g/mol. The maximum atomic E-state index is 4.94. The Balaban J connectivity index is 2.61. The molecule has 20 heavy (non-hydrogen) atoms. The number of pyridine rings is 1. The molecule has 0 aliphatic carbocycles. The van der Waals surface area contributed by atoms with Gasteiger partial charge in [0.2, 0.25) is 0 Å². The predicted octanol–water partition coefficient (Wildman–Crippen LogP) is 6.17. The first-order valence-corrected chi connectivity index (χ1v) is 7.95. The molecule has 0 saturated carbocycles. The van der Waals surface area contributed by atoms with Crippen molar-refractivity contribution in [3.05, 3.63) is 40.5 Å². The Morgan fingerprint density at radius 2 is 1.50 bits per heavy atom. The van der Waals surface area contributed by atoms with Crippen LogP contribution in [0.25, 0.3) is 10.9 Å². The number of hydrogen-bond acceptors (Lipinski definition) is 1. The molecule has 1 aromatic heterocycles. The van der Waals surface area contributed by atoms with Gasteiger partial charge in [-0.2, -0.15) is 0 Å². The molecule has 0 unspecified atom stereocenters. The molecule has 0 aliphatic rings. The van der Waals surface area contributed by atoms with Gasteiger partial charge in [-0.3, -0.25) is 4.98 Å². The van der Waals surface area contributed by atoms with Gasteiger partial charge in [0.1, 0.15) is 0 Å². The van der Waals surface area contributed by atoms with Gasteiger partial charge in [-0.1, -0.05) is 63.5 Å². The summed E-state index contributed by atoms with van der Waals surface area (Å²) >= 11 is 3.60. The van der Waals surface area contributed by atoms with Crippen molar-refractivity contribution in [3.63, 3.8) is 0 Å². The summed E-state index contributed by atoms with van der Waals surface area (Å²) in [6, 6.07) is 10.6. The Hall–Kier alpha value is -0.890. The number of aromatic nitrogens is 1. The van der Waals surface area contributed by atoms with E-state index in [9.17, 15) is 0 Å². The number of rotatable bonds is 1. The highest BCUT2D eigenvalue weighted by atomic mass is 79.9. The van der Waals surface area contributed by atoms with Crippen LogP contribution in [-0.4, -0.2) is 4.98 Å². The van der Waals surface area contributed by atoms with E-state index in [1.807, 2.05) is 6.07 Å². The third kappa shape index (κ3) is 3.06. The molecule has 0 spiro atoms. The Morgan fingerprint density at radius 3 is 2.05 bits per heavy atom. The van der Waals surface area contributed by atoms with E-state index < -0.39 is 0 Å². The van der Waals surface area contributed by atoms with Gasteiger partial charge in [-0.05, 0) is 35.1 Å². The summed E-state index contributed by atoms with van der Waals surface area (Å²) in [4.78, 5) is 4.94. The minimum atomic E-state index is 0.185. The summed E-state index contributed by atoms with van der Waals surface area (Å²) in [5.74, 6) is 0.415. The lowest BCUT2D eigenvalue weighted by molar-refractivity contribution is 0.172. The molecule has 0 saturated heterocycles. The quantitative estimate of drug-likeness (QED) is 0.607. The third-order valence-electron chi connectivity index (χ3n) is 3.73. The van der Waals surface area contributed by atoms with E-state index in [-0.39, 0.29) is 10.8 Å². The summed E-state index contributed by atoms with van der Waals surface area (Å²) in [5, 5.41) is 1.18. The second-order valence-electron chi connectivity index (χ2n) is 7.71. The van der Waals surface area contributed by atoms with Crippen LogP contribution < -0.4 is 0 Å². The highest BCUT2D eigenvalue weighted by Gasteiger charge is 2.37. The Bertz CT molecular complexity index is 603. The molecular formula is C18H24BrN. The van der Waals surface area contributed by atoms with Crippen LogP contribution in [0.15, 0.2) is 34.8 Å². The van der Waals surface area contributed by atoms with Crippen molar-refractivity contribution in [3.8, 4) is 0 Å². The fourth-order valence-corrected chi connectivity index (χ4v) is 3.97. The molecule has 2 heteroatoms. The van der Waals surface area contributed by atoms with E-state index in [1.54, 1.807) is 0 Å². The smallest absolute Gasteiger partial charge is 0.0716 e. The fourth-order valence-electron chi connectivity index (χ4n) is 3.48.